The highest BCUT2D eigenvalue weighted by molar-refractivity contribution is 6.33. The van der Waals surface area contributed by atoms with Crippen LogP contribution in [0.4, 0.5) is 0 Å². The second kappa shape index (κ2) is 8.51. The van der Waals surface area contributed by atoms with Crippen LogP contribution in [0.2, 0.25) is 5.02 Å². The predicted molar refractivity (Wildman–Crippen MR) is 116 cm³/mol. The number of nitrogens with one attached hydrogen (secondary N) is 1. The van der Waals surface area contributed by atoms with E-state index >= 15 is 0 Å². The molecule has 0 spiro atoms. The molecule has 2 saturated heterocycles. The number of β-lactam (4-membered cyclic amide) rings is 1. The zero-order valence-corrected chi connectivity index (χ0v) is 18.9. The number of aliphatic carboxylic acids is 1. The Labute approximate surface area is 195 Å². The lowest BCUT2D eigenvalue weighted by Gasteiger charge is -2.46. The molecule has 11 heteroatoms. The van der Waals surface area contributed by atoms with Gasteiger partial charge in [0.15, 0.2) is 11.5 Å². The first-order valence-electron chi connectivity index (χ1n) is 10.7. The number of likely N-dealkylation sites (tertiary alicyclic amines) is 1. The summed E-state index contributed by atoms with van der Waals surface area (Å²) < 4.78 is 0. The van der Waals surface area contributed by atoms with E-state index in [-0.39, 0.29) is 52.7 Å². The minimum absolute atomic E-state index is 0.0101. The zero-order chi connectivity index (χ0) is 24.2. The van der Waals surface area contributed by atoms with Crippen molar-refractivity contribution in [1.82, 2.24) is 15.1 Å². The van der Waals surface area contributed by atoms with Crippen LogP contribution in [-0.2, 0) is 20.9 Å². The maximum atomic E-state index is 12.5. The van der Waals surface area contributed by atoms with Crippen molar-refractivity contribution in [2.45, 2.75) is 32.5 Å². The van der Waals surface area contributed by atoms with E-state index in [1.807, 2.05) is 11.8 Å². The predicted octanol–water partition coefficient (Wildman–Crippen LogP) is 0.495. The first-order valence-corrected chi connectivity index (χ1v) is 11.1. The number of rotatable bonds is 7. The monoisotopic (exact) mass is 479 g/mol. The number of nitrogens with zero attached hydrogens (tertiary/aromatic N) is 2. The number of benzene rings is 1. The molecule has 1 aromatic carbocycles. The van der Waals surface area contributed by atoms with Gasteiger partial charge in [-0.05, 0) is 24.1 Å². The lowest BCUT2D eigenvalue weighted by molar-refractivity contribution is -0.163. The van der Waals surface area contributed by atoms with E-state index in [0.717, 1.165) is 0 Å². The fourth-order valence-corrected chi connectivity index (χ4v) is 5.25. The summed E-state index contributed by atoms with van der Waals surface area (Å²) in [5.41, 5.74) is 1.09. The topological polar surface area (TPSA) is 151 Å². The molecule has 2 fully saturated rings. The van der Waals surface area contributed by atoms with Crippen LogP contribution in [0.5, 0.6) is 11.5 Å². The van der Waals surface area contributed by atoms with Gasteiger partial charge in [0.1, 0.15) is 5.70 Å². The first kappa shape index (κ1) is 23.3. The largest absolute Gasteiger partial charge is 0.504 e. The maximum absolute atomic E-state index is 12.5. The van der Waals surface area contributed by atoms with Crippen LogP contribution in [0, 0.1) is 17.8 Å². The van der Waals surface area contributed by atoms with Crippen molar-refractivity contribution >= 4 is 29.4 Å². The van der Waals surface area contributed by atoms with Crippen LogP contribution in [0.15, 0.2) is 23.4 Å². The number of carboxylic acids is 1. The van der Waals surface area contributed by atoms with Gasteiger partial charge in [-0.3, -0.25) is 14.5 Å². The highest BCUT2D eigenvalue weighted by Crippen LogP contribution is 2.47. The van der Waals surface area contributed by atoms with Crippen molar-refractivity contribution in [3.8, 4) is 11.5 Å². The summed E-state index contributed by atoms with van der Waals surface area (Å²) in [4.78, 5) is 40.0. The third kappa shape index (κ3) is 3.81. The number of aromatic hydroxyl groups is 2. The van der Waals surface area contributed by atoms with Crippen LogP contribution in [0.1, 0.15) is 19.4 Å². The number of phenols is 2. The molecule has 10 nitrogen and oxygen atoms in total. The molecule has 0 radical (unpaired) electrons. The van der Waals surface area contributed by atoms with E-state index < -0.39 is 23.7 Å². The fourth-order valence-electron chi connectivity index (χ4n) is 5.02. The summed E-state index contributed by atoms with van der Waals surface area (Å²) in [6.45, 7) is 4.69. The Balaban J connectivity index is 1.35. The lowest BCUT2D eigenvalue weighted by Crippen LogP contribution is -2.63. The summed E-state index contributed by atoms with van der Waals surface area (Å²) in [5, 5.41) is 41.5. The maximum Gasteiger partial charge on any atom is 0.352 e. The minimum atomic E-state index is -1.17. The Hall–Kier alpha value is -2.82. The second-order valence-corrected chi connectivity index (χ2v) is 9.33. The number of halogens is 1. The molecule has 4 atom stereocenters. The van der Waals surface area contributed by atoms with Gasteiger partial charge in [0.05, 0.1) is 29.0 Å². The molecule has 3 aliphatic heterocycles. The Morgan fingerprint density at radius 3 is 2.55 bits per heavy atom. The summed E-state index contributed by atoms with van der Waals surface area (Å²) >= 11 is 5.98. The van der Waals surface area contributed by atoms with E-state index in [0.29, 0.717) is 30.8 Å². The van der Waals surface area contributed by atoms with E-state index in [1.165, 1.54) is 24.0 Å². The average Bonchev–Trinajstić information content (AvgIpc) is 2.96. The van der Waals surface area contributed by atoms with Crippen molar-refractivity contribution in [2.24, 2.45) is 17.8 Å². The van der Waals surface area contributed by atoms with Crippen LogP contribution in [0.3, 0.4) is 0 Å². The average molecular weight is 480 g/mol. The van der Waals surface area contributed by atoms with Gasteiger partial charge in [0.25, 0.3) is 0 Å². The van der Waals surface area contributed by atoms with Crippen LogP contribution in [0.25, 0.3) is 0 Å². The first-order chi connectivity index (χ1) is 15.5. The van der Waals surface area contributed by atoms with Crippen molar-refractivity contribution in [1.29, 1.82) is 0 Å². The molecule has 4 rings (SSSR count). The molecule has 1 aromatic rings. The minimum Gasteiger partial charge on any atom is -0.504 e. The van der Waals surface area contributed by atoms with Crippen LogP contribution >= 0.6 is 11.6 Å². The van der Waals surface area contributed by atoms with Gasteiger partial charge in [-0.15, -0.1) is 0 Å². The van der Waals surface area contributed by atoms with E-state index in [2.05, 4.69) is 5.32 Å². The van der Waals surface area contributed by atoms with E-state index in [9.17, 15) is 34.8 Å². The third-order valence-electron chi connectivity index (χ3n) is 6.87. The number of carbonyl (C=O) groups is 3. The molecular formula is C22H26ClN3O7. The van der Waals surface area contributed by atoms with Gasteiger partial charge in [-0.25, -0.2) is 4.79 Å². The number of hydrogen-bond acceptors (Lipinski definition) is 7. The zero-order valence-electron chi connectivity index (χ0n) is 18.2. The number of aliphatic hydroxyl groups is 1. The number of amides is 2. The number of aliphatic hydroxyl groups excluding tert-OH is 1. The molecule has 33 heavy (non-hydrogen) atoms. The summed E-state index contributed by atoms with van der Waals surface area (Å²) in [6.07, 6.45) is -0.850. The molecular weight excluding hydrogens is 454 g/mol. The van der Waals surface area contributed by atoms with Crippen molar-refractivity contribution in [3.05, 3.63) is 34.0 Å². The van der Waals surface area contributed by atoms with E-state index in [4.69, 9.17) is 11.6 Å². The molecule has 178 valence electrons. The Kier molecular flexibility index (Phi) is 6.02. The highest BCUT2D eigenvalue weighted by atomic mass is 35.5. The fraction of sp³-hybridized carbons (Fsp3) is 0.500. The summed E-state index contributed by atoms with van der Waals surface area (Å²) in [7, 11) is 0. The van der Waals surface area contributed by atoms with Crippen molar-refractivity contribution in [2.75, 3.05) is 19.6 Å². The highest BCUT2D eigenvalue weighted by Gasteiger charge is 2.60. The smallest absolute Gasteiger partial charge is 0.352 e. The number of fused-ring (bicyclic) bond motifs is 1. The normalized spacial score (nSPS) is 26.0. The molecule has 5 N–H and O–H groups in total. The molecule has 0 aromatic heterocycles. The molecule has 3 aliphatic rings. The molecule has 0 aliphatic carbocycles. The van der Waals surface area contributed by atoms with Gasteiger partial charge >= 0.3 is 5.97 Å². The molecule has 3 unspecified atom stereocenters. The number of phenolic OH excluding ortho intramolecular Hbond substituents is 2. The van der Waals surface area contributed by atoms with Gasteiger partial charge in [0, 0.05) is 32.1 Å². The third-order valence-corrected chi connectivity index (χ3v) is 7.29. The number of hydrogen-bond donors (Lipinski definition) is 5. The SMILES string of the molecule is CC(O)C1C(=O)N2C(C(=O)O)=C(CN3CC(C(=O)NCc4ccc(O)c(O)c4Cl)C3)C(C)[C@H]12. The van der Waals surface area contributed by atoms with Crippen molar-refractivity contribution < 1.29 is 34.8 Å². The Morgan fingerprint density at radius 1 is 1.27 bits per heavy atom. The Bertz CT molecular complexity index is 1050. The second-order valence-electron chi connectivity index (χ2n) is 8.95. The quantitative estimate of drug-likeness (QED) is 0.280. The molecule has 0 saturated carbocycles. The summed E-state index contributed by atoms with van der Waals surface area (Å²) in [6, 6.07) is 2.45. The van der Waals surface area contributed by atoms with Gasteiger partial charge < -0.3 is 30.6 Å². The van der Waals surface area contributed by atoms with Gasteiger partial charge in [-0.1, -0.05) is 24.6 Å². The van der Waals surface area contributed by atoms with Gasteiger partial charge in [0.2, 0.25) is 11.8 Å². The van der Waals surface area contributed by atoms with E-state index in [1.54, 1.807) is 0 Å². The number of carbonyl (C=O) groups excluding carboxylic acids is 2. The van der Waals surface area contributed by atoms with Crippen LogP contribution in [-0.4, -0.2) is 79.8 Å². The van der Waals surface area contributed by atoms with Gasteiger partial charge in [-0.2, -0.15) is 0 Å². The molecule has 3 heterocycles. The van der Waals surface area contributed by atoms with Crippen molar-refractivity contribution in [3.63, 3.8) is 0 Å². The lowest BCUT2D eigenvalue weighted by atomic mass is 9.77. The van der Waals surface area contributed by atoms with Crippen LogP contribution < -0.4 is 5.32 Å². The standard InChI is InChI=1S/C22H26ClN3O7/c1-9-13(18(22(32)33)26-17(9)15(10(2)27)21(26)31)8-25-6-12(7-25)20(30)24-5-11-3-4-14(28)19(29)16(11)23/h3-4,9-10,12,15,17,27-29H,5-8H2,1-2H3,(H,24,30)(H,32,33)/t9?,10?,15?,17-/m1/s1. The Morgan fingerprint density at radius 2 is 1.94 bits per heavy atom. The molecule has 0 bridgehead atoms. The summed E-state index contributed by atoms with van der Waals surface area (Å²) in [5.74, 6) is -3.60. The number of carboxylic acid groups (broad SMARTS) is 1. The molecule has 2 amide bonds.